The molecule has 0 spiro atoms. The van der Waals surface area contributed by atoms with Gasteiger partial charge in [0.2, 0.25) is 0 Å². The highest BCUT2D eigenvalue weighted by atomic mass is 35.5. The number of aromatic hydroxyl groups is 1. The highest BCUT2D eigenvalue weighted by Gasteiger charge is 2.08. The number of thiophene rings is 1. The van der Waals surface area contributed by atoms with Crippen LogP contribution in [0.3, 0.4) is 0 Å². The standard InChI is InChI=1S/C10H6Cl2OS/c11-7-5-9(13)8(12)4-6(7)10-2-1-3-14-10/h1-5,13H. The minimum atomic E-state index is 0.0111. The zero-order valence-electron chi connectivity index (χ0n) is 7.00. The first kappa shape index (κ1) is 9.84. The van der Waals surface area contributed by atoms with Gasteiger partial charge in [-0.1, -0.05) is 29.3 Å². The second-order valence-corrected chi connectivity index (χ2v) is 4.52. The molecule has 4 heteroatoms. The summed E-state index contributed by atoms with van der Waals surface area (Å²) >= 11 is 13.4. The van der Waals surface area contributed by atoms with Gasteiger partial charge < -0.3 is 5.11 Å². The number of phenolic OH excluding ortho intramolecular Hbond substituents is 1. The van der Waals surface area contributed by atoms with Gasteiger partial charge in [-0.3, -0.25) is 0 Å². The number of benzene rings is 1. The SMILES string of the molecule is Oc1cc(Cl)c(-c2cccs2)cc1Cl. The molecule has 0 unspecified atom stereocenters. The third kappa shape index (κ3) is 1.73. The molecule has 0 amide bonds. The van der Waals surface area contributed by atoms with E-state index in [0.717, 1.165) is 10.4 Å². The van der Waals surface area contributed by atoms with Crippen LogP contribution in [0.15, 0.2) is 29.6 Å². The molecule has 2 aromatic rings. The average molecular weight is 245 g/mol. The molecule has 0 aliphatic rings. The van der Waals surface area contributed by atoms with Crippen LogP contribution < -0.4 is 0 Å². The maximum atomic E-state index is 9.31. The minimum absolute atomic E-state index is 0.0111. The summed E-state index contributed by atoms with van der Waals surface area (Å²) in [6.07, 6.45) is 0. The van der Waals surface area contributed by atoms with Gasteiger partial charge in [-0.25, -0.2) is 0 Å². The lowest BCUT2D eigenvalue weighted by atomic mass is 10.2. The normalized spacial score (nSPS) is 10.4. The molecule has 1 aromatic heterocycles. The van der Waals surface area contributed by atoms with Crippen molar-refractivity contribution in [3.63, 3.8) is 0 Å². The zero-order valence-corrected chi connectivity index (χ0v) is 9.33. The van der Waals surface area contributed by atoms with E-state index in [0.29, 0.717) is 10.0 Å². The van der Waals surface area contributed by atoms with Crippen LogP contribution in [-0.2, 0) is 0 Å². The number of phenols is 1. The van der Waals surface area contributed by atoms with Crippen LogP contribution in [0.25, 0.3) is 10.4 Å². The Hall–Kier alpha value is -0.700. The summed E-state index contributed by atoms with van der Waals surface area (Å²) in [6, 6.07) is 7.03. The minimum Gasteiger partial charge on any atom is -0.506 e. The van der Waals surface area contributed by atoms with Gasteiger partial charge in [0.05, 0.1) is 10.0 Å². The Morgan fingerprint density at radius 3 is 2.57 bits per heavy atom. The Bertz CT molecular complexity index is 451. The molecule has 1 heterocycles. The zero-order chi connectivity index (χ0) is 10.1. The molecule has 0 bridgehead atoms. The van der Waals surface area contributed by atoms with Crippen molar-refractivity contribution in [1.82, 2.24) is 0 Å². The van der Waals surface area contributed by atoms with Gasteiger partial charge in [0.25, 0.3) is 0 Å². The molecule has 0 aliphatic carbocycles. The molecular formula is C10H6Cl2OS. The number of rotatable bonds is 1. The van der Waals surface area contributed by atoms with Gasteiger partial charge in [0.15, 0.2) is 0 Å². The van der Waals surface area contributed by atoms with E-state index in [1.807, 2.05) is 17.5 Å². The van der Waals surface area contributed by atoms with E-state index < -0.39 is 0 Å². The van der Waals surface area contributed by atoms with Crippen molar-refractivity contribution in [2.75, 3.05) is 0 Å². The van der Waals surface area contributed by atoms with Gasteiger partial charge in [0, 0.05) is 16.5 Å². The van der Waals surface area contributed by atoms with E-state index in [-0.39, 0.29) is 5.75 Å². The summed E-state index contributed by atoms with van der Waals surface area (Å²) in [5.41, 5.74) is 0.851. The molecule has 2 rings (SSSR count). The molecule has 1 N–H and O–H groups in total. The van der Waals surface area contributed by atoms with Gasteiger partial charge >= 0.3 is 0 Å². The Balaban J connectivity index is 2.60. The van der Waals surface area contributed by atoms with Crippen molar-refractivity contribution < 1.29 is 5.11 Å². The van der Waals surface area contributed by atoms with Gasteiger partial charge in [-0.05, 0) is 17.5 Å². The van der Waals surface area contributed by atoms with Crippen LogP contribution in [0.2, 0.25) is 10.0 Å². The van der Waals surface area contributed by atoms with Crippen molar-refractivity contribution in [2.45, 2.75) is 0 Å². The van der Waals surface area contributed by atoms with E-state index in [1.165, 1.54) is 6.07 Å². The van der Waals surface area contributed by atoms with Crippen molar-refractivity contribution in [3.8, 4) is 16.2 Å². The van der Waals surface area contributed by atoms with E-state index in [1.54, 1.807) is 17.4 Å². The topological polar surface area (TPSA) is 20.2 Å². The Morgan fingerprint density at radius 2 is 1.93 bits per heavy atom. The summed E-state index contributed by atoms with van der Waals surface area (Å²) < 4.78 is 0. The third-order valence-corrected chi connectivity index (χ3v) is 3.34. The smallest absolute Gasteiger partial charge is 0.135 e. The maximum absolute atomic E-state index is 9.31. The van der Waals surface area contributed by atoms with Gasteiger partial charge in [-0.2, -0.15) is 0 Å². The third-order valence-electron chi connectivity index (χ3n) is 1.82. The second-order valence-electron chi connectivity index (χ2n) is 2.76. The summed E-state index contributed by atoms with van der Waals surface area (Å²) in [6.45, 7) is 0. The van der Waals surface area contributed by atoms with Gasteiger partial charge in [-0.15, -0.1) is 11.3 Å². The lowest BCUT2D eigenvalue weighted by Crippen LogP contribution is -1.76. The van der Waals surface area contributed by atoms with Gasteiger partial charge in [0.1, 0.15) is 5.75 Å². The molecule has 14 heavy (non-hydrogen) atoms. The molecular weight excluding hydrogens is 239 g/mol. The quantitative estimate of drug-likeness (QED) is 0.788. The number of hydrogen-bond donors (Lipinski definition) is 1. The Labute approximate surface area is 95.5 Å². The molecule has 72 valence electrons. The first-order valence-electron chi connectivity index (χ1n) is 3.90. The molecule has 0 saturated heterocycles. The van der Waals surface area contributed by atoms with Crippen LogP contribution >= 0.6 is 34.5 Å². The number of halogens is 2. The van der Waals surface area contributed by atoms with Crippen LogP contribution in [0.4, 0.5) is 0 Å². The summed E-state index contributed by atoms with van der Waals surface area (Å²) in [5, 5.41) is 12.1. The van der Waals surface area contributed by atoms with Crippen molar-refractivity contribution in [1.29, 1.82) is 0 Å². The molecule has 0 saturated carbocycles. The lowest BCUT2D eigenvalue weighted by Gasteiger charge is -2.03. The predicted octanol–water partition coefficient (Wildman–Crippen LogP) is 4.43. The molecule has 0 aliphatic heterocycles. The van der Waals surface area contributed by atoms with Crippen LogP contribution in [-0.4, -0.2) is 5.11 Å². The lowest BCUT2D eigenvalue weighted by molar-refractivity contribution is 0.475. The van der Waals surface area contributed by atoms with Crippen LogP contribution in [0.5, 0.6) is 5.75 Å². The molecule has 1 nitrogen and oxygen atoms in total. The molecule has 0 atom stereocenters. The summed E-state index contributed by atoms with van der Waals surface area (Å²) in [4.78, 5) is 1.04. The molecule has 1 aromatic carbocycles. The number of hydrogen-bond acceptors (Lipinski definition) is 2. The first-order valence-corrected chi connectivity index (χ1v) is 5.54. The van der Waals surface area contributed by atoms with Crippen LogP contribution in [0, 0.1) is 0 Å². The largest absolute Gasteiger partial charge is 0.506 e. The predicted molar refractivity (Wildman–Crippen MR) is 61.4 cm³/mol. The fraction of sp³-hybridized carbons (Fsp3) is 0. The maximum Gasteiger partial charge on any atom is 0.135 e. The molecule has 0 radical (unpaired) electrons. The fourth-order valence-electron chi connectivity index (χ4n) is 1.16. The molecule has 0 fully saturated rings. The monoisotopic (exact) mass is 244 g/mol. The van der Waals surface area contributed by atoms with E-state index in [4.69, 9.17) is 23.2 Å². The second kappa shape index (κ2) is 3.81. The van der Waals surface area contributed by atoms with Crippen molar-refractivity contribution >= 4 is 34.5 Å². The highest BCUT2D eigenvalue weighted by molar-refractivity contribution is 7.13. The van der Waals surface area contributed by atoms with E-state index >= 15 is 0 Å². The first-order chi connectivity index (χ1) is 6.68. The van der Waals surface area contributed by atoms with E-state index in [9.17, 15) is 5.11 Å². The van der Waals surface area contributed by atoms with Crippen molar-refractivity contribution in [2.24, 2.45) is 0 Å². The Kier molecular flexibility index (Phi) is 2.68. The van der Waals surface area contributed by atoms with E-state index in [2.05, 4.69) is 0 Å². The average Bonchev–Trinajstić information content (AvgIpc) is 2.64. The van der Waals surface area contributed by atoms with Crippen LogP contribution in [0.1, 0.15) is 0 Å². The summed E-state index contributed by atoms with van der Waals surface area (Å²) in [7, 11) is 0. The fourth-order valence-corrected chi connectivity index (χ4v) is 2.39. The Morgan fingerprint density at radius 1 is 1.14 bits per heavy atom. The summed E-state index contributed by atoms with van der Waals surface area (Å²) in [5.74, 6) is 0.0111. The van der Waals surface area contributed by atoms with Crippen molar-refractivity contribution in [3.05, 3.63) is 39.7 Å². The highest BCUT2D eigenvalue weighted by Crippen LogP contribution is 2.37.